The number of amides is 1. The molecule has 0 unspecified atom stereocenters. The van der Waals surface area contributed by atoms with Crippen molar-refractivity contribution in [1.29, 1.82) is 0 Å². The minimum atomic E-state index is 0.0220. The molecule has 3 aromatic rings. The summed E-state index contributed by atoms with van der Waals surface area (Å²) in [7, 11) is 0. The molecule has 1 aliphatic heterocycles. The molecule has 0 aromatic heterocycles. The first-order chi connectivity index (χ1) is 11.8. The third kappa shape index (κ3) is 2.89. The molecule has 0 saturated heterocycles. The van der Waals surface area contributed by atoms with Crippen LogP contribution >= 0.6 is 0 Å². The number of benzene rings is 3. The van der Waals surface area contributed by atoms with Crippen molar-refractivity contribution >= 4 is 25.3 Å². The van der Waals surface area contributed by atoms with Gasteiger partial charge in [0.1, 0.15) is 0 Å². The molecule has 1 heterocycles. The summed E-state index contributed by atoms with van der Waals surface area (Å²) >= 11 is 0.228. The van der Waals surface area contributed by atoms with E-state index in [1.165, 1.54) is 15.6 Å². The molecule has 0 saturated carbocycles. The monoisotopic (exact) mass is 379 g/mol. The number of carbonyl (C=O) groups excluding carboxylic acids is 1. The Kier molecular flexibility index (Phi) is 4.20. The topological polar surface area (TPSA) is 29.1 Å². The Morgan fingerprint density at radius 3 is 2.12 bits per heavy atom. The van der Waals surface area contributed by atoms with Gasteiger partial charge in [-0.25, -0.2) is 0 Å². The Balaban J connectivity index is 1.79. The second kappa shape index (κ2) is 6.64. The van der Waals surface area contributed by atoms with Crippen molar-refractivity contribution in [2.75, 3.05) is 0 Å². The zero-order valence-corrected chi connectivity index (χ0v) is 14.8. The van der Waals surface area contributed by atoms with E-state index in [-0.39, 0.29) is 31.7 Å². The van der Waals surface area contributed by atoms with E-state index >= 15 is 0 Å². The van der Waals surface area contributed by atoms with E-state index in [1.54, 1.807) is 0 Å². The predicted molar refractivity (Wildman–Crippen MR) is 97.7 cm³/mol. The normalized spacial score (nSPS) is 19.4. The average molecular weight is 378 g/mol. The van der Waals surface area contributed by atoms with E-state index in [1.807, 2.05) is 42.5 Å². The SMILES string of the molecule is O=C1N[C@H](c2ccccc2)[C@@H]([Se]c2ccccc2)c2ccccc21. The van der Waals surface area contributed by atoms with Gasteiger partial charge in [0.05, 0.1) is 0 Å². The van der Waals surface area contributed by atoms with Gasteiger partial charge in [0, 0.05) is 0 Å². The summed E-state index contributed by atoms with van der Waals surface area (Å²) in [4.78, 5) is 12.9. The third-order valence-electron chi connectivity index (χ3n) is 4.27. The van der Waals surface area contributed by atoms with Gasteiger partial charge in [0.25, 0.3) is 0 Å². The fraction of sp³-hybridized carbons (Fsp3) is 0.0952. The first kappa shape index (κ1) is 15.2. The van der Waals surface area contributed by atoms with Gasteiger partial charge >= 0.3 is 148 Å². The van der Waals surface area contributed by atoms with Gasteiger partial charge in [0.15, 0.2) is 0 Å². The van der Waals surface area contributed by atoms with Crippen molar-refractivity contribution in [2.24, 2.45) is 0 Å². The summed E-state index contributed by atoms with van der Waals surface area (Å²) < 4.78 is 1.35. The van der Waals surface area contributed by atoms with E-state index in [0.717, 1.165) is 5.56 Å². The Labute approximate surface area is 148 Å². The maximum absolute atomic E-state index is 12.6. The van der Waals surface area contributed by atoms with Gasteiger partial charge < -0.3 is 0 Å². The molecule has 1 amide bonds. The Morgan fingerprint density at radius 2 is 1.38 bits per heavy atom. The van der Waals surface area contributed by atoms with Gasteiger partial charge in [-0.05, 0) is 0 Å². The quantitative estimate of drug-likeness (QED) is 0.697. The molecule has 3 aromatic carbocycles. The zero-order valence-electron chi connectivity index (χ0n) is 13.1. The van der Waals surface area contributed by atoms with Gasteiger partial charge in [-0.15, -0.1) is 0 Å². The fourth-order valence-corrected chi connectivity index (χ4v) is 5.85. The standard InChI is InChI=1S/C21H17NOSe/c23-21-18-14-8-7-13-17(18)20(24-16-11-5-2-6-12-16)19(22-21)15-9-3-1-4-10-15/h1-14,19-20H,(H,22,23)/t19-,20+/m1/s1. The fourth-order valence-electron chi connectivity index (χ4n) is 3.12. The predicted octanol–water partition coefficient (Wildman–Crippen LogP) is 3.24. The van der Waals surface area contributed by atoms with Crippen molar-refractivity contribution in [3.63, 3.8) is 0 Å². The van der Waals surface area contributed by atoms with Gasteiger partial charge in [0.2, 0.25) is 0 Å². The van der Waals surface area contributed by atoms with Crippen LogP contribution in [-0.2, 0) is 0 Å². The number of hydrogen-bond acceptors (Lipinski definition) is 1. The van der Waals surface area contributed by atoms with Crippen LogP contribution in [0.15, 0.2) is 84.9 Å². The molecule has 2 nitrogen and oxygen atoms in total. The van der Waals surface area contributed by atoms with Crippen LogP contribution in [-0.4, -0.2) is 20.9 Å². The molecule has 0 spiro atoms. The molecule has 4 rings (SSSR count). The van der Waals surface area contributed by atoms with E-state index in [2.05, 4.69) is 47.8 Å². The van der Waals surface area contributed by atoms with Crippen molar-refractivity contribution in [2.45, 2.75) is 10.9 Å². The molecule has 0 bridgehead atoms. The first-order valence-corrected chi connectivity index (χ1v) is 9.84. The number of carbonyl (C=O) groups is 1. The molecule has 0 radical (unpaired) electrons. The number of nitrogens with one attached hydrogen (secondary N) is 1. The Hall–Kier alpha value is -2.35. The molecule has 0 fully saturated rings. The van der Waals surface area contributed by atoms with Crippen molar-refractivity contribution in [3.8, 4) is 0 Å². The van der Waals surface area contributed by atoms with E-state index in [4.69, 9.17) is 0 Å². The van der Waals surface area contributed by atoms with Crippen LogP contribution in [0.2, 0.25) is 0 Å². The molecular formula is C21H17NOSe. The second-order valence-corrected chi connectivity index (χ2v) is 8.35. The average Bonchev–Trinajstić information content (AvgIpc) is 2.65. The van der Waals surface area contributed by atoms with Crippen LogP contribution < -0.4 is 9.78 Å². The van der Waals surface area contributed by atoms with Crippen LogP contribution in [0.5, 0.6) is 0 Å². The summed E-state index contributed by atoms with van der Waals surface area (Å²) in [5, 5.41) is 3.24. The second-order valence-electron chi connectivity index (χ2n) is 5.80. The summed E-state index contributed by atoms with van der Waals surface area (Å²) in [6.45, 7) is 0. The zero-order chi connectivity index (χ0) is 16.4. The van der Waals surface area contributed by atoms with Crippen molar-refractivity contribution in [3.05, 3.63) is 102 Å². The van der Waals surface area contributed by atoms with Crippen molar-refractivity contribution in [1.82, 2.24) is 5.32 Å². The Bertz CT molecular complexity index is 848. The number of fused-ring (bicyclic) bond motifs is 1. The van der Waals surface area contributed by atoms with Crippen LogP contribution in [0, 0.1) is 0 Å². The van der Waals surface area contributed by atoms with E-state index in [0.29, 0.717) is 0 Å². The maximum atomic E-state index is 12.6. The number of hydrogen-bond donors (Lipinski definition) is 1. The summed E-state index contributed by atoms with van der Waals surface area (Å²) in [6, 6.07) is 28.9. The van der Waals surface area contributed by atoms with E-state index in [9.17, 15) is 4.79 Å². The number of rotatable bonds is 3. The first-order valence-electron chi connectivity index (χ1n) is 7.99. The van der Waals surface area contributed by atoms with Crippen molar-refractivity contribution < 1.29 is 4.79 Å². The molecule has 0 aliphatic carbocycles. The molecule has 118 valence electrons. The molecule has 3 heteroatoms. The van der Waals surface area contributed by atoms with E-state index < -0.39 is 0 Å². The third-order valence-corrected chi connectivity index (χ3v) is 7.04. The van der Waals surface area contributed by atoms with Gasteiger partial charge in [-0.2, -0.15) is 0 Å². The van der Waals surface area contributed by atoms with Crippen LogP contribution in [0.4, 0.5) is 0 Å². The van der Waals surface area contributed by atoms with Crippen LogP contribution in [0.1, 0.15) is 32.3 Å². The summed E-state index contributed by atoms with van der Waals surface area (Å²) in [5.74, 6) is 0.0274. The molecular weight excluding hydrogens is 361 g/mol. The Morgan fingerprint density at radius 1 is 0.750 bits per heavy atom. The summed E-state index contributed by atoms with van der Waals surface area (Å²) in [6.07, 6.45) is 0. The van der Waals surface area contributed by atoms with Crippen LogP contribution in [0.25, 0.3) is 0 Å². The van der Waals surface area contributed by atoms with Gasteiger partial charge in [-0.3, -0.25) is 0 Å². The van der Waals surface area contributed by atoms with Crippen LogP contribution in [0.3, 0.4) is 0 Å². The molecule has 1 N–H and O–H groups in total. The molecule has 2 atom stereocenters. The minimum absolute atomic E-state index is 0.0220. The molecule has 1 aliphatic rings. The summed E-state index contributed by atoms with van der Waals surface area (Å²) in [5.41, 5.74) is 3.15. The van der Waals surface area contributed by atoms with Gasteiger partial charge in [-0.1, -0.05) is 0 Å². The molecule has 24 heavy (non-hydrogen) atoms.